The van der Waals surface area contributed by atoms with E-state index in [1.54, 1.807) is 6.20 Å². The van der Waals surface area contributed by atoms with Crippen LogP contribution in [0.3, 0.4) is 0 Å². The van der Waals surface area contributed by atoms with Gasteiger partial charge in [-0.1, -0.05) is 48.5 Å². The Morgan fingerprint density at radius 1 is 0.906 bits per heavy atom. The number of hydrogen-bond acceptors (Lipinski definition) is 5. The smallest absolute Gasteiger partial charge is 0.228 e. The maximum absolute atomic E-state index is 12.2. The van der Waals surface area contributed by atoms with E-state index < -0.39 is 0 Å². The number of nitrogens with zero attached hydrogens (tertiary/aromatic N) is 2. The Morgan fingerprint density at radius 3 is 2.50 bits per heavy atom. The van der Waals surface area contributed by atoms with Crippen LogP contribution in [-0.4, -0.2) is 22.4 Å². The lowest BCUT2D eigenvalue weighted by molar-refractivity contribution is -0.115. The summed E-state index contributed by atoms with van der Waals surface area (Å²) in [6.07, 6.45) is 2.83. The van der Waals surface area contributed by atoms with E-state index in [1.165, 1.54) is 5.56 Å². The zero-order valence-electron chi connectivity index (χ0n) is 17.4. The second kappa shape index (κ2) is 8.89. The molecule has 0 bridgehead atoms. The summed E-state index contributed by atoms with van der Waals surface area (Å²) in [6.45, 7) is 0.691. The summed E-state index contributed by atoms with van der Waals surface area (Å²) < 4.78 is 5.84. The third-order valence-corrected chi connectivity index (χ3v) is 5.27. The van der Waals surface area contributed by atoms with Gasteiger partial charge in [0.15, 0.2) is 0 Å². The van der Waals surface area contributed by atoms with Crippen LogP contribution in [0.25, 0.3) is 11.3 Å². The molecule has 0 spiro atoms. The molecule has 3 aromatic carbocycles. The first-order valence-corrected chi connectivity index (χ1v) is 10.6. The summed E-state index contributed by atoms with van der Waals surface area (Å²) >= 11 is 0. The zero-order chi connectivity index (χ0) is 21.8. The minimum absolute atomic E-state index is 0.0554. The number of hydrogen-bond donors (Lipinski definition) is 2. The van der Waals surface area contributed by atoms with Gasteiger partial charge >= 0.3 is 0 Å². The molecule has 0 radical (unpaired) electrons. The first-order valence-electron chi connectivity index (χ1n) is 10.6. The van der Waals surface area contributed by atoms with Crippen LogP contribution in [0, 0.1) is 0 Å². The first kappa shape index (κ1) is 19.8. The van der Waals surface area contributed by atoms with Crippen molar-refractivity contribution in [2.24, 2.45) is 0 Å². The molecule has 1 amide bonds. The molecule has 5 rings (SSSR count). The van der Waals surface area contributed by atoms with Crippen LogP contribution in [0.1, 0.15) is 11.1 Å². The van der Waals surface area contributed by atoms with E-state index in [0.29, 0.717) is 12.5 Å². The van der Waals surface area contributed by atoms with Gasteiger partial charge in [-0.2, -0.15) is 0 Å². The molecule has 6 heteroatoms. The van der Waals surface area contributed by atoms with Crippen molar-refractivity contribution in [2.45, 2.75) is 12.8 Å². The maximum Gasteiger partial charge on any atom is 0.228 e. The predicted octanol–water partition coefficient (Wildman–Crippen LogP) is 5.09. The molecule has 0 saturated carbocycles. The lowest BCUT2D eigenvalue weighted by Gasteiger charge is -2.11. The van der Waals surface area contributed by atoms with E-state index in [4.69, 9.17) is 9.72 Å². The number of fused-ring (bicyclic) bond motifs is 3. The molecule has 1 aliphatic rings. The van der Waals surface area contributed by atoms with Gasteiger partial charge in [0.1, 0.15) is 11.5 Å². The summed E-state index contributed by atoms with van der Waals surface area (Å²) in [7, 11) is 0. The van der Waals surface area contributed by atoms with Crippen LogP contribution < -0.4 is 15.4 Å². The normalized spacial score (nSPS) is 12.2. The highest BCUT2D eigenvalue weighted by atomic mass is 16.5. The molecule has 32 heavy (non-hydrogen) atoms. The molecule has 0 unspecified atom stereocenters. The van der Waals surface area contributed by atoms with Crippen molar-refractivity contribution in [1.82, 2.24) is 9.97 Å². The number of aromatic nitrogens is 2. The number of anilines is 2. The first-order chi connectivity index (χ1) is 15.7. The largest absolute Gasteiger partial charge is 0.457 e. The lowest BCUT2D eigenvalue weighted by atomic mass is 10.1. The standard InChI is InChI=1S/C26H22N4O2/c31-24-16-19-17-28-26(30-25(19)22-8-4-5-9-23(22)29-24)27-15-14-18-10-12-21(13-11-18)32-20-6-2-1-3-7-20/h1-13,17H,14-16H2,(H,29,31)(H,27,28,30). The fourth-order valence-electron chi connectivity index (χ4n) is 3.69. The maximum atomic E-state index is 12.2. The molecule has 1 aromatic heterocycles. The molecular weight excluding hydrogens is 400 g/mol. The number of nitrogens with one attached hydrogen (secondary N) is 2. The quantitative estimate of drug-likeness (QED) is 0.453. The van der Waals surface area contributed by atoms with Gasteiger partial charge in [0, 0.05) is 23.9 Å². The SMILES string of the molecule is O=C1Cc2cnc(NCCc3ccc(Oc4ccccc4)cc3)nc2-c2ccccc2N1. The van der Waals surface area contributed by atoms with Crippen LogP contribution >= 0.6 is 0 Å². The summed E-state index contributed by atoms with van der Waals surface area (Å²) in [4.78, 5) is 21.3. The molecule has 158 valence electrons. The Hall–Kier alpha value is -4.19. The Bertz CT molecular complexity index is 1240. The van der Waals surface area contributed by atoms with Crippen molar-refractivity contribution in [1.29, 1.82) is 0 Å². The lowest BCUT2D eigenvalue weighted by Crippen LogP contribution is -2.13. The van der Waals surface area contributed by atoms with E-state index in [1.807, 2.05) is 66.7 Å². The molecule has 4 aromatic rings. The Morgan fingerprint density at radius 2 is 1.66 bits per heavy atom. The topological polar surface area (TPSA) is 76.1 Å². The number of benzene rings is 3. The summed E-state index contributed by atoms with van der Waals surface area (Å²) in [5, 5.41) is 6.24. The minimum atomic E-state index is -0.0554. The molecule has 0 saturated heterocycles. The van der Waals surface area contributed by atoms with Crippen LogP contribution in [0.2, 0.25) is 0 Å². The molecule has 0 atom stereocenters. The summed E-state index contributed by atoms with van der Waals surface area (Å²) in [5.41, 5.74) is 4.49. The van der Waals surface area contributed by atoms with Crippen molar-refractivity contribution >= 4 is 17.5 Å². The van der Waals surface area contributed by atoms with Crippen molar-refractivity contribution in [2.75, 3.05) is 17.2 Å². The van der Waals surface area contributed by atoms with E-state index >= 15 is 0 Å². The fraction of sp³-hybridized carbons (Fsp3) is 0.115. The van der Waals surface area contributed by atoms with E-state index in [9.17, 15) is 4.79 Å². The van der Waals surface area contributed by atoms with Crippen LogP contribution in [0.15, 0.2) is 85.1 Å². The third kappa shape index (κ3) is 4.44. The summed E-state index contributed by atoms with van der Waals surface area (Å²) in [6, 6.07) is 25.5. The number of rotatable bonds is 6. The average Bonchev–Trinajstić information content (AvgIpc) is 2.96. The molecule has 1 aliphatic heterocycles. The van der Waals surface area contributed by atoms with Gasteiger partial charge in [0.05, 0.1) is 17.8 Å². The highest BCUT2D eigenvalue weighted by molar-refractivity contribution is 5.99. The Kier molecular flexibility index (Phi) is 5.49. The van der Waals surface area contributed by atoms with Crippen LogP contribution in [-0.2, 0) is 17.6 Å². The fourth-order valence-corrected chi connectivity index (χ4v) is 3.69. The van der Waals surface area contributed by atoms with Crippen molar-refractivity contribution < 1.29 is 9.53 Å². The van der Waals surface area contributed by atoms with E-state index in [0.717, 1.165) is 40.4 Å². The molecule has 6 nitrogen and oxygen atoms in total. The number of amides is 1. The second-order valence-corrected chi connectivity index (χ2v) is 7.57. The number of para-hydroxylation sites is 2. The highest BCUT2D eigenvalue weighted by Gasteiger charge is 2.20. The van der Waals surface area contributed by atoms with Crippen LogP contribution in [0.5, 0.6) is 11.5 Å². The molecule has 2 N–H and O–H groups in total. The number of carbonyl (C=O) groups excluding carboxylic acids is 1. The van der Waals surface area contributed by atoms with Crippen molar-refractivity contribution in [3.8, 4) is 22.8 Å². The van der Waals surface area contributed by atoms with Gasteiger partial charge in [-0.3, -0.25) is 4.79 Å². The minimum Gasteiger partial charge on any atom is -0.457 e. The summed E-state index contributed by atoms with van der Waals surface area (Å²) in [5.74, 6) is 2.13. The van der Waals surface area contributed by atoms with Gasteiger partial charge in [-0.05, 0) is 42.3 Å². The average molecular weight is 422 g/mol. The molecule has 0 aliphatic carbocycles. The van der Waals surface area contributed by atoms with Gasteiger partial charge in [0.2, 0.25) is 11.9 Å². The third-order valence-electron chi connectivity index (χ3n) is 5.27. The van der Waals surface area contributed by atoms with Crippen LogP contribution in [0.4, 0.5) is 11.6 Å². The van der Waals surface area contributed by atoms with Gasteiger partial charge in [0.25, 0.3) is 0 Å². The van der Waals surface area contributed by atoms with Gasteiger partial charge in [-0.25, -0.2) is 9.97 Å². The second-order valence-electron chi connectivity index (χ2n) is 7.57. The molecule has 2 heterocycles. The van der Waals surface area contributed by atoms with E-state index in [-0.39, 0.29) is 12.3 Å². The zero-order valence-corrected chi connectivity index (χ0v) is 17.4. The van der Waals surface area contributed by atoms with Crippen molar-refractivity contribution in [3.63, 3.8) is 0 Å². The molecule has 0 fully saturated rings. The Labute approximate surface area is 186 Å². The predicted molar refractivity (Wildman–Crippen MR) is 125 cm³/mol. The van der Waals surface area contributed by atoms with Gasteiger partial charge in [-0.15, -0.1) is 0 Å². The number of ether oxygens (including phenoxy) is 1. The van der Waals surface area contributed by atoms with Crippen molar-refractivity contribution in [3.05, 3.63) is 96.2 Å². The monoisotopic (exact) mass is 422 g/mol. The molecular formula is C26H22N4O2. The number of carbonyl (C=O) groups is 1. The van der Waals surface area contributed by atoms with Gasteiger partial charge < -0.3 is 15.4 Å². The Balaban J connectivity index is 1.24. The highest BCUT2D eigenvalue weighted by Crippen LogP contribution is 2.32. The van der Waals surface area contributed by atoms with E-state index in [2.05, 4.69) is 27.8 Å².